The van der Waals surface area contributed by atoms with Crippen LogP contribution in [0, 0.1) is 0 Å². The first-order valence-electron chi connectivity index (χ1n) is 4.75. The quantitative estimate of drug-likeness (QED) is 0.746. The standard InChI is InChI=1S/C10H9F3N2O2/c1-17-9(16)5-2-3-6(10(11,12)13)8-7(5)14-4-15-8/h2-3,14-15H,4H2,1H3. The summed E-state index contributed by atoms with van der Waals surface area (Å²) < 4.78 is 42.5. The molecule has 7 heteroatoms. The second-order valence-electron chi connectivity index (χ2n) is 3.43. The summed E-state index contributed by atoms with van der Waals surface area (Å²) in [5, 5.41) is 5.24. The van der Waals surface area contributed by atoms with Crippen molar-refractivity contribution in [3.63, 3.8) is 0 Å². The SMILES string of the molecule is COC(=O)c1ccc(C(F)(F)F)c2c1NCN2. The number of esters is 1. The van der Waals surface area contributed by atoms with Crippen molar-refractivity contribution in [2.45, 2.75) is 6.18 Å². The molecule has 0 aliphatic carbocycles. The van der Waals surface area contributed by atoms with E-state index in [1.165, 1.54) is 7.11 Å². The van der Waals surface area contributed by atoms with Gasteiger partial charge in [0.1, 0.15) is 0 Å². The normalized spacial score (nSPS) is 13.6. The van der Waals surface area contributed by atoms with Crippen molar-refractivity contribution < 1.29 is 22.7 Å². The maximum atomic E-state index is 12.7. The molecule has 0 radical (unpaired) electrons. The van der Waals surface area contributed by atoms with E-state index in [1.807, 2.05) is 0 Å². The molecule has 17 heavy (non-hydrogen) atoms. The van der Waals surface area contributed by atoms with Crippen LogP contribution in [0.2, 0.25) is 0 Å². The Labute approximate surface area is 94.8 Å². The van der Waals surface area contributed by atoms with E-state index >= 15 is 0 Å². The van der Waals surface area contributed by atoms with Gasteiger partial charge >= 0.3 is 12.1 Å². The van der Waals surface area contributed by atoms with Gasteiger partial charge in [0.15, 0.2) is 0 Å². The van der Waals surface area contributed by atoms with Gasteiger partial charge in [0, 0.05) is 0 Å². The van der Waals surface area contributed by atoms with Crippen LogP contribution >= 0.6 is 0 Å². The number of fused-ring (bicyclic) bond motifs is 1. The number of benzene rings is 1. The highest BCUT2D eigenvalue weighted by atomic mass is 19.4. The zero-order valence-corrected chi connectivity index (χ0v) is 8.81. The number of hydrogen-bond donors (Lipinski definition) is 2. The van der Waals surface area contributed by atoms with Crippen LogP contribution in [0.3, 0.4) is 0 Å². The molecule has 1 aliphatic heterocycles. The van der Waals surface area contributed by atoms with Gasteiger partial charge < -0.3 is 15.4 Å². The molecular formula is C10H9F3N2O2. The van der Waals surface area contributed by atoms with E-state index in [9.17, 15) is 18.0 Å². The van der Waals surface area contributed by atoms with Crippen molar-refractivity contribution in [3.05, 3.63) is 23.3 Å². The third-order valence-electron chi connectivity index (χ3n) is 2.45. The van der Waals surface area contributed by atoms with Crippen molar-refractivity contribution >= 4 is 17.3 Å². The molecule has 92 valence electrons. The fourth-order valence-electron chi connectivity index (χ4n) is 1.71. The third kappa shape index (κ3) is 1.88. The Morgan fingerprint density at radius 1 is 1.29 bits per heavy atom. The maximum absolute atomic E-state index is 12.7. The summed E-state index contributed by atoms with van der Waals surface area (Å²) in [6.45, 7) is 0.145. The minimum atomic E-state index is -4.46. The summed E-state index contributed by atoms with van der Waals surface area (Å²) in [6.07, 6.45) is -4.46. The zero-order valence-electron chi connectivity index (χ0n) is 8.81. The van der Waals surface area contributed by atoms with Crippen LogP contribution in [0.1, 0.15) is 15.9 Å². The molecule has 1 aromatic rings. The van der Waals surface area contributed by atoms with Crippen molar-refractivity contribution in [2.75, 3.05) is 24.4 Å². The lowest BCUT2D eigenvalue weighted by molar-refractivity contribution is -0.136. The molecule has 4 nitrogen and oxygen atoms in total. The minimum Gasteiger partial charge on any atom is -0.465 e. The minimum absolute atomic E-state index is 0.0838. The largest absolute Gasteiger partial charge is 0.465 e. The molecule has 0 saturated carbocycles. The highest BCUT2D eigenvalue weighted by Crippen LogP contribution is 2.42. The molecule has 1 aliphatic rings. The Morgan fingerprint density at radius 3 is 2.53 bits per heavy atom. The predicted octanol–water partition coefficient (Wildman–Crippen LogP) is 2.29. The monoisotopic (exact) mass is 246 g/mol. The fourth-order valence-corrected chi connectivity index (χ4v) is 1.71. The van der Waals surface area contributed by atoms with Crippen LogP contribution in [0.4, 0.5) is 24.5 Å². The Hall–Kier alpha value is -1.92. The predicted molar refractivity (Wildman–Crippen MR) is 54.9 cm³/mol. The molecule has 0 aromatic heterocycles. The lowest BCUT2D eigenvalue weighted by atomic mass is 10.1. The fraction of sp³-hybridized carbons (Fsp3) is 0.300. The van der Waals surface area contributed by atoms with Gasteiger partial charge in [0.25, 0.3) is 0 Å². The second kappa shape index (κ2) is 3.83. The molecule has 1 heterocycles. The average Bonchev–Trinajstić information content (AvgIpc) is 2.73. The van der Waals surface area contributed by atoms with E-state index in [1.54, 1.807) is 0 Å². The Kier molecular flexibility index (Phi) is 2.60. The lowest BCUT2D eigenvalue weighted by Gasteiger charge is -2.13. The molecular weight excluding hydrogens is 237 g/mol. The number of hydrogen-bond acceptors (Lipinski definition) is 4. The molecule has 0 saturated heterocycles. The second-order valence-corrected chi connectivity index (χ2v) is 3.43. The Balaban J connectivity index is 2.57. The van der Waals surface area contributed by atoms with E-state index in [2.05, 4.69) is 15.4 Å². The lowest BCUT2D eigenvalue weighted by Crippen LogP contribution is -2.10. The summed E-state index contributed by atoms with van der Waals surface area (Å²) in [4.78, 5) is 11.4. The molecule has 0 fully saturated rings. The topological polar surface area (TPSA) is 50.4 Å². The molecule has 2 N–H and O–H groups in total. The summed E-state index contributed by atoms with van der Waals surface area (Å²) in [5.74, 6) is -0.675. The van der Waals surface area contributed by atoms with Crippen molar-refractivity contribution in [1.82, 2.24) is 0 Å². The highest BCUT2D eigenvalue weighted by Gasteiger charge is 2.37. The first-order chi connectivity index (χ1) is 7.95. The van der Waals surface area contributed by atoms with Crippen LogP contribution in [0.15, 0.2) is 12.1 Å². The number of rotatable bonds is 1. The summed E-state index contributed by atoms with van der Waals surface area (Å²) in [6, 6.07) is 1.97. The number of methoxy groups -OCH3 is 1. The summed E-state index contributed by atoms with van der Waals surface area (Å²) in [5.41, 5.74) is -0.697. The van der Waals surface area contributed by atoms with E-state index in [0.29, 0.717) is 0 Å². The van der Waals surface area contributed by atoms with Gasteiger partial charge in [-0.05, 0) is 12.1 Å². The van der Waals surface area contributed by atoms with E-state index < -0.39 is 17.7 Å². The zero-order chi connectivity index (χ0) is 12.6. The average molecular weight is 246 g/mol. The van der Waals surface area contributed by atoms with Crippen molar-refractivity contribution in [3.8, 4) is 0 Å². The number of anilines is 2. The molecule has 0 spiro atoms. The van der Waals surface area contributed by atoms with Gasteiger partial charge in [-0.15, -0.1) is 0 Å². The molecule has 0 unspecified atom stereocenters. The first-order valence-corrected chi connectivity index (χ1v) is 4.75. The van der Waals surface area contributed by atoms with Crippen LogP contribution in [-0.2, 0) is 10.9 Å². The van der Waals surface area contributed by atoms with Gasteiger partial charge in [-0.3, -0.25) is 0 Å². The number of carbonyl (C=O) groups excluding carboxylic acids is 1. The number of ether oxygens (including phenoxy) is 1. The van der Waals surface area contributed by atoms with Crippen LogP contribution in [-0.4, -0.2) is 19.7 Å². The van der Waals surface area contributed by atoms with Gasteiger partial charge in [0.05, 0.1) is 36.3 Å². The van der Waals surface area contributed by atoms with Crippen molar-refractivity contribution in [2.24, 2.45) is 0 Å². The van der Waals surface area contributed by atoms with Crippen LogP contribution < -0.4 is 10.6 Å². The van der Waals surface area contributed by atoms with Crippen molar-refractivity contribution in [1.29, 1.82) is 0 Å². The molecule has 0 bridgehead atoms. The van der Waals surface area contributed by atoms with E-state index in [-0.39, 0.29) is 23.6 Å². The molecule has 2 rings (SSSR count). The maximum Gasteiger partial charge on any atom is 0.418 e. The smallest absolute Gasteiger partial charge is 0.418 e. The molecule has 1 aromatic carbocycles. The van der Waals surface area contributed by atoms with Gasteiger partial charge in [0.2, 0.25) is 0 Å². The number of carbonyl (C=O) groups is 1. The Morgan fingerprint density at radius 2 is 1.94 bits per heavy atom. The number of alkyl halides is 3. The first kappa shape index (κ1) is 11.6. The highest BCUT2D eigenvalue weighted by molar-refractivity contribution is 6.01. The van der Waals surface area contributed by atoms with Crippen LogP contribution in [0.5, 0.6) is 0 Å². The third-order valence-corrected chi connectivity index (χ3v) is 2.45. The summed E-state index contributed by atoms with van der Waals surface area (Å²) in [7, 11) is 1.18. The van der Waals surface area contributed by atoms with Gasteiger partial charge in [-0.25, -0.2) is 4.79 Å². The van der Waals surface area contributed by atoms with Gasteiger partial charge in [-0.2, -0.15) is 13.2 Å². The van der Waals surface area contributed by atoms with Crippen LogP contribution in [0.25, 0.3) is 0 Å². The number of nitrogens with one attached hydrogen (secondary N) is 2. The Bertz CT molecular complexity index is 471. The van der Waals surface area contributed by atoms with E-state index in [4.69, 9.17) is 0 Å². The van der Waals surface area contributed by atoms with Gasteiger partial charge in [-0.1, -0.05) is 0 Å². The molecule has 0 amide bonds. The number of halogens is 3. The van der Waals surface area contributed by atoms with E-state index in [0.717, 1.165) is 12.1 Å². The molecule has 0 atom stereocenters. The summed E-state index contributed by atoms with van der Waals surface area (Å²) >= 11 is 0.